The fourth-order valence-corrected chi connectivity index (χ4v) is 3.79. The van der Waals surface area contributed by atoms with Gasteiger partial charge in [0.2, 0.25) is 0 Å². The van der Waals surface area contributed by atoms with E-state index in [9.17, 15) is 9.59 Å². The smallest absolute Gasteiger partial charge is 0.342 e. The third-order valence-electron chi connectivity index (χ3n) is 5.13. The van der Waals surface area contributed by atoms with Gasteiger partial charge in [0.15, 0.2) is 0 Å². The van der Waals surface area contributed by atoms with Crippen LogP contribution in [0.2, 0.25) is 0 Å². The summed E-state index contributed by atoms with van der Waals surface area (Å²) < 4.78 is 22.3. The monoisotopic (exact) mass is 318 g/mol. The van der Waals surface area contributed by atoms with Crippen LogP contribution in [0.25, 0.3) is 0 Å². The summed E-state index contributed by atoms with van der Waals surface area (Å²) in [6.45, 7) is 4.04. The van der Waals surface area contributed by atoms with Crippen molar-refractivity contribution in [2.75, 3.05) is 7.11 Å². The SMILES string of the molecule is COc1c(C)c2c(c3c1C[C@H]([C@@]1(C)CCC(=O)O1)O3)C(=O)OC2. The van der Waals surface area contributed by atoms with E-state index in [4.69, 9.17) is 18.9 Å². The van der Waals surface area contributed by atoms with Gasteiger partial charge in [0.25, 0.3) is 0 Å². The van der Waals surface area contributed by atoms with Gasteiger partial charge in [0, 0.05) is 30.4 Å². The zero-order valence-electron chi connectivity index (χ0n) is 13.4. The molecule has 3 heterocycles. The standard InChI is InChI=1S/C17H18O6/c1-8-10-7-21-16(19)13(10)15-9(14(8)20-3)6-11(22-15)17(2)5-4-12(18)23-17/h11H,4-7H2,1-3H3/t11-,17-/m1/s1. The van der Waals surface area contributed by atoms with E-state index in [1.165, 1.54) is 0 Å². The average molecular weight is 318 g/mol. The Kier molecular flexibility index (Phi) is 2.89. The van der Waals surface area contributed by atoms with Gasteiger partial charge in [0.1, 0.15) is 35.4 Å². The molecule has 0 aliphatic carbocycles. The van der Waals surface area contributed by atoms with Crippen molar-refractivity contribution >= 4 is 11.9 Å². The first-order valence-electron chi connectivity index (χ1n) is 7.72. The lowest BCUT2D eigenvalue weighted by molar-refractivity contribution is -0.153. The molecule has 2 atom stereocenters. The van der Waals surface area contributed by atoms with Crippen LogP contribution in [-0.2, 0) is 27.3 Å². The maximum Gasteiger partial charge on any atom is 0.342 e. The molecule has 0 bridgehead atoms. The van der Waals surface area contributed by atoms with Crippen molar-refractivity contribution in [3.05, 3.63) is 22.3 Å². The third kappa shape index (κ3) is 1.87. The Labute approximate surface area is 133 Å². The van der Waals surface area contributed by atoms with Gasteiger partial charge in [0.05, 0.1) is 7.11 Å². The molecule has 1 aromatic carbocycles. The Morgan fingerprint density at radius 2 is 2.04 bits per heavy atom. The molecule has 0 amide bonds. The van der Waals surface area contributed by atoms with E-state index in [1.807, 2.05) is 13.8 Å². The normalized spacial score (nSPS) is 28.0. The van der Waals surface area contributed by atoms with Crippen molar-refractivity contribution in [1.29, 1.82) is 0 Å². The second-order valence-electron chi connectivity index (χ2n) is 6.49. The Morgan fingerprint density at radius 1 is 1.26 bits per heavy atom. The van der Waals surface area contributed by atoms with Crippen LogP contribution in [0.3, 0.4) is 0 Å². The van der Waals surface area contributed by atoms with E-state index in [0.29, 0.717) is 30.6 Å². The number of carbonyl (C=O) groups is 2. The number of carbonyl (C=O) groups excluding carboxylic acids is 2. The maximum absolute atomic E-state index is 12.1. The van der Waals surface area contributed by atoms with Crippen LogP contribution in [0.15, 0.2) is 0 Å². The fourth-order valence-electron chi connectivity index (χ4n) is 3.79. The lowest BCUT2D eigenvalue weighted by atomic mass is 9.90. The number of ether oxygens (including phenoxy) is 4. The highest BCUT2D eigenvalue weighted by molar-refractivity contribution is 5.98. The predicted octanol–water partition coefficient (Wildman–Crippen LogP) is 2.07. The Hall–Kier alpha value is -2.24. The van der Waals surface area contributed by atoms with Crippen LogP contribution in [0.5, 0.6) is 11.5 Å². The summed E-state index contributed by atoms with van der Waals surface area (Å²) in [4.78, 5) is 23.6. The van der Waals surface area contributed by atoms with Crippen LogP contribution in [0.4, 0.5) is 0 Å². The highest BCUT2D eigenvalue weighted by atomic mass is 16.6. The summed E-state index contributed by atoms with van der Waals surface area (Å²) in [6, 6.07) is 0. The quantitative estimate of drug-likeness (QED) is 0.778. The van der Waals surface area contributed by atoms with Crippen LogP contribution < -0.4 is 9.47 Å². The molecule has 0 N–H and O–H groups in total. The van der Waals surface area contributed by atoms with Crippen LogP contribution in [0, 0.1) is 6.92 Å². The van der Waals surface area contributed by atoms with E-state index in [1.54, 1.807) is 7.11 Å². The summed E-state index contributed by atoms with van der Waals surface area (Å²) in [7, 11) is 1.61. The predicted molar refractivity (Wildman–Crippen MR) is 78.7 cm³/mol. The highest BCUT2D eigenvalue weighted by Gasteiger charge is 2.49. The molecule has 1 saturated heterocycles. The van der Waals surface area contributed by atoms with Gasteiger partial charge >= 0.3 is 11.9 Å². The second kappa shape index (κ2) is 4.63. The van der Waals surface area contributed by atoms with Crippen molar-refractivity contribution in [1.82, 2.24) is 0 Å². The van der Waals surface area contributed by atoms with Crippen molar-refractivity contribution < 1.29 is 28.5 Å². The molecule has 0 spiro atoms. The van der Waals surface area contributed by atoms with Crippen LogP contribution in [-0.4, -0.2) is 30.8 Å². The van der Waals surface area contributed by atoms with Crippen molar-refractivity contribution in [3.63, 3.8) is 0 Å². The fraction of sp³-hybridized carbons (Fsp3) is 0.529. The molecule has 0 radical (unpaired) electrons. The Morgan fingerprint density at radius 3 is 2.70 bits per heavy atom. The van der Waals surface area contributed by atoms with E-state index >= 15 is 0 Å². The first-order chi connectivity index (χ1) is 10.9. The molecule has 3 aliphatic rings. The third-order valence-corrected chi connectivity index (χ3v) is 5.13. The summed E-state index contributed by atoms with van der Waals surface area (Å²) >= 11 is 0. The van der Waals surface area contributed by atoms with Gasteiger partial charge in [-0.25, -0.2) is 4.79 Å². The summed E-state index contributed by atoms with van der Waals surface area (Å²) in [5, 5.41) is 0. The van der Waals surface area contributed by atoms with Gasteiger partial charge in [-0.3, -0.25) is 4.79 Å². The molecule has 1 aromatic rings. The van der Waals surface area contributed by atoms with E-state index in [-0.39, 0.29) is 24.6 Å². The lowest BCUT2D eigenvalue weighted by Crippen LogP contribution is -2.42. The van der Waals surface area contributed by atoms with Gasteiger partial charge < -0.3 is 18.9 Å². The van der Waals surface area contributed by atoms with Crippen LogP contribution >= 0.6 is 0 Å². The van der Waals surface area contributed by atoms with Gasteiger partial charge in [-0.15, -0.1) is 0 Å². The second-order valence-corrected chi connectivity index (χ2v) is 6.49. The Balaban J connectivity index is 1.81. The number of hydrogen-bond donors (Lipinski definition) is 0. The first-order valence-corrected chi connectivity index (χ1v) is 7.72. The van der Waals surface area contributed by atoms with Crippen molar-refractivity contribution in [2.24, 2.45) is 0 Å². The molecule has 23 heavy (non-hydrogen) atoms. The number of fused-ring (bicyclic) bond motifs is 3. The molecule has 4 rings (SSSR count). The number of cyclic esters (lactones) is 2. The molecule has 6 nitrogen and oxygen atoms in total. The van der Waals surface area contributed by atoms with Gasteiger partial charge in [-0.1, -0.05) is 0 Å². The van der Waals surface area contributed by atoms with E-state index in [0.717, 1.165) is 22.4 Å². The molecule has 6 heteroatoms. The van der Waals surface area contributed by atoms with E-state index < -0.39 is 5.60 Å². The van der Waals surface area contributed by atoms with Gasteiger partial charge in [-0.05, 0) is 19.4 Å². The molecule has 1 fully saturated rings. The minimum absolute atomic E-state index is 0.208. The number of hydrogen-bond acceptors (Lipinski definition) is 6. The molecule has 0 saturated carbocycles. The zero-order valence-corrected chi connectivity index (χ0v) is 13.4. The minimum Gasteiger partial charge on any atom is -0.496 e. The molecule has 0 unspecified atom stereocenters. The topological polar surface area (TPSA) is 71.1 Å². The van der Waals surface area contributed by atoms with Crippen LogP contribution in [0.1, 0.15) is 46.8 Å². The zero-order chi connectivity index (χ0) is 16.4. The molecular formula is C17H18O6. The molecule has 122 valence electrons. The van der Waals surface area contributed by atoms with Crippen molar-refractivity contribution in [2.45, 2.75) is 51.4 Å². The number of rotatable bonds is 2. The van der Waals surface area contributed by atoms with Crippen molar-refractivity contribution in [3.8, 4) is 11.5 Å². The molecular weight excluding hydrogens is 300 g/mol. The minimum atomic E-state index is -0.676. The molecule has 0 aromatic heterocycles. The maximum atomic E-state index is 12.1. The Bertz CT molecular complexity index is 737. The van der Waals surface area contributed by atoms with E-state index in [2.05, 4.69) is 0 Å². The molecule has 3 aliphatic heterocycles. The summed E-state index contributed by atoms with van der Waals surface area (Å²) in [5.41, 5.74) is 2.40. The summed E-state index contributed by atoms with van der Waals surface area (Å²) in [5.74, 6) is 0.683. The number of esters is 2. The average Bonchev–Trinajstić information content (AvgIpc) is 3.18. The number of benzene rings is 1. The number of methoxy groups -OCH3 is 1. The largest absolute Gasteiger partial charge is 0.496 e. The first kappa shape index (κ1) is 14.4. The highest BCUT2D eigenvalue weighted by Crippen LogP contribution is 2.49. The van der Waals surface area contributed by atoms with Gasteiger partial charge in [-0.2, -0.15) is 0 Å². The lowest BCUT2D eigenvalue weighted by Gasteiger charge is -2.28. The summed E-state index contributed by atoms with van der Waals surface area (Å²) in [6.07, 6.45) is 1.22.